The second kappa shape index (κ2) is 4.18. The van der Waals surface area contributed by atoms with Crippen molar-refractivity contribution in [1.29, 1.82) is 0 Å². The smallest absolute Gasteiger partial charge is 0.146 e. The molecule has 74 valence electrons. The summed E-state index contributed by atoms with van der Waals surface area (Å²) in [7, 11) is 0. The van der Waals surface area contributed by atoms with Gasteiger partial charge in [0.2, 0.25) is 0 Å². The van der Waals surface area contributed by atoms with Crippen LogP contribution in [0.15, 0.2) is 37.1 Å². The zero-order valence-corrected chi connectivity index (χ0v) is 10.9. The lowest BCUT2D eigenvalue weighted by Crippen LogP contribution is -1.93. The number of thiophene rings is 1. The molecule has 2 heterocycles. The Morgan fingerprint density at radius 1 is 1.43 bits per heavy atom. The number of aliphatic hydroxyl groups is 1. The molecule has 0 aliphatic rings. The van der Waals surface area contributed by atoms with E-state index in [0.29, 0.717) is 5.76 Å². The van der Waals surface area contributed by atoms with Crippen LogP contribution in [-0.4, -0.2) is 5.11 Å². The van der Waals surface area contributed by atoms with Crippen LogP contribution < -0.4 is 0 Å². The summed E-state index contributed by atoms with van der Waals surface area (Å²) in [6, 6.07) is 5.39. The Kier molecular flexibility index (Phi) is 3.11. The highest BCUT2D eigenvalue weighted by atomic mass is 79.9. The van der Waals surface area contributed by atoms with Crippen LogP contribution in [0.2, 0.25) is 0 Å². The van der Waals surface area contributed by atoms with E-state index in [0.717, 1.165) is 13.1 Å². The summed E-state index contributed by atoms with van der Waals surface area (Å²) >= 11 is 8.23. The van der Waals surface area contributed by atoms with Crippen LogP contribution in [0.4, 0.5) is 0 Å². The van der Waals surface area contributed by atoms with Gasteiger partial charge in [0.25, 0.3) is 0 Å². The fourth-order valence-corrected chi connectivity index (χ4v) is 3.17. The van der Waals surface area contributed by atoms with Gasteiger partial charge in [0.15, 0.2) is 0 Å². The summed E-state index contributed by atoms with van der Waals surface area (Å²) in [5.74, 6) is 0.561. The summed E-state index contributed by atoms with van der Waals surface area (Å²) in [4.78, 5) is 0.846. The van der Waals surface area contributed by atoms with Crippen LogP contribution in [0.3, 0.4) is 0 Å². The van der Waals surface area contributed by atoms with Gasteiger partial charge in [-0.3, -0.25) is 0 Å². The van der Waals surface area contributed by atoms with Crippen LogP contribution in [0.25, 0.3) is 0 Å². The van der Waals surface area contributed by atoms with E-state index < -0.39 is 6.10 Å². The highest BCUT2D eigenvalue weighted by Gasteiger charge is 2.16. The Bertz CT molecular complexity index is 402. The summed E-state index contributed by atoms with van der Waals surface area (Å²) in [5.41, 5.74) is 0. The fraction of sp³-hybridized carbons (Fsp3) is 0.111. The lowest BCUT2D eigenvalue weighted by molar-refractivity contribution is 0.193. The van der Waals surface area contributed by atoms with E-state index >= 15 is 0 Å². The SMILES string of the molecule is OC(c1ccco1)c1cc(Br)c(Br)s1. The van der Waals surface area contributed by atoms with E-state index in [1.54, 1.807) is 18.4 Å². The van der Waals surface area contributed by atoms with Gasteiger partial charge in [0.05, 0.1) is 10.0 Å². The molecule has 2 rings (SSSR count). The predicted octanol–water partition coefficient (Wildman–Crippen LogP) is 3.95. The third-order valence-corrected chi connectivity index (χ3v) is 5.06. The summed E-state index contributed by atoms with van der Waals surface area (Å²) < 4.78 is 7.04. The first-order valence-corrected chi connectivity index (χ1v) is 6.25. The molecule has 1 unspecified atom stereocenters. The number of hydrogen-bond acceptors (Lipinski definition) is 3. The maximum atomic E-state index is 9.89. The lowest BCUT2D eigenvalue weighted by atomic mass is 10.2. The Labute approximate surface area is 102 Å². The van der Waals surface area contributed by atoms with Crippen molar-refractivity contribution in [2.24, 2.45) is 0 Å². The minimum Gasteiger partial charge on any atom is -0.466 e. The van der Waals surface area contributed by atoms with Crippen LogP contribution in [-0.2, 0) is 0 Å². The number of aliphatic hydroxyl groups excluding tert-OH is 1. The maximum absolute atomic E-state index is 9.89. The van der Waals surface area contributed by atoms with E-state index in [2.05, 4.69) is 31.9 Å². The monoisotopic (exact) mass is 336 g/mol. The van der Waals surface area contributed by atoms with Crippen LogP contribution in [0.5, 0.6) is 0 Å². The van der Waals surface area contributed by atoms with Crippen molar-refractivity contribution in [2.45, 2.75) is 6.10 Å². The average Bonchev–Trinajstić information content (AvgIpc) is 2.76. The molecule has 14 heavy (non-hydrogen) atoms. The van der Waals surface area contributed by atoms with E-state index in [1.807, 2.05) is 6.07 Å². The first kappa shape index (κ1) is 10.4. The van der Waals surface area contributed by atoms with Crippen molar-refractivity contribution in [1.82, 2.24) is 0 Å². The number of halogens is 2. The first-order valence-electron chi connectivity index (χ1n) is 3.84. The predicted molar refractivity (Wildman–Crippen MR) is 62.5 cm³/mol. The van der Waals surface area contributed by atoms with Crippen LogP contribution in [0, 0.1) is 0 Å². The molecule has 2 nitrogen and oxygen atoms in total. The molecule has 1 atom stereocenters. The molecule has 0 radical (unpaired) electrons. The Hall–Kier alpha value is -0.1000. The van der Waals surface area contributed by atoms with E-state index in [4.69, 9.17) is 4.42 Å². The van der Waals surface area contributed by atoms with Crippen LogP contribution in [0.1, 0.15) is 16.7 Å². The molecule has 0 amide bonds. The maximum Gasteiger partial charge on any atom is 0.146 e. The van der Waals surface area contributed by atoms with Crippen molar-refractivity contribution in [3.05, 3.63) is 43.4 Å². The summed E-state index contributed by atoms with van der Waals surface area (Å²) in [6.45, 7) is 0. The minimum absolute atomic E-state index is 0.561. The van der Waals surface area contributed by atoms with Crippen molar-refractivity contribution < 1.29 is 9.52 Å². The van der Waals surface area contributed by atoms with E-state index in [1.165, 1.54) is 11.3 Å². The molecule has 0 aromatic carbocycles. The number of rotatable bonds is 2. The van der Waals surface area contributed by atoms with Crippen molar-refractivity contribution in [2.75, 3.05) is 0 Å². The van der Waals surface area contributed by atoms with Crippen LogP contribution >= 0.6 is 43.2 Å². The van der Waals surface area contributed by atoms with Gasteiger partial charge in [0.1, 0.15) is 11.9 Å². The topological polar surface area (TPSA) is 33.4 Å². The summed E-state index contributed by atoms with van der Waals surface area (Å²) in [5, 5.41) is 9.89. The Balaban J connectivity index is 2.32. The minimum atomic E-state index is -0.683. The Morgan fingerprint density at radius 3 is 2.71 bits per heavy atom. The van der Waals surface area contributed by atoms with Gasteiger partial charge in [-0.2, -0.15) is 0 Å². The standard InChI is InChI=1S/C9H6Br2O2S/c10-5-4-7(14-9(5)11)8(12)6-2-1-3-13-6/h1-4,8,12H. The molecule has 2 aromatic heterocycles. The molecule has 0 fully saturated rings. The van der Waals surface area contributed by atoms with Gasteiger partial charge in [-0.25, -0.2) is 0 Å². The molecule has 2 aromatic rings. The highest BCUT2D eigenvalue weighted by Crippen LogP contribution is 2.37. The van der Waals surface area contributed by atoms with Gasteiger partial charge in [-0.15, -0.1) is 11.3 Å². The lowest BCUT2D eigenvalue weighted by Gasteiger charge is -2.03. The molecule has 0 aliphatic carbocycles. The molecule has 0 aliphatic heterocycles. The molecule has 5 heteroatoms. The quantitative estimate of drug-likeness (QED) is 0.900. The van der Waals surface area contributed by atoms with Gasteiger partial charge < -0.3 is 9.52 Å². The number of furan rings is 1. The molecule has 0 spiro atoms. The molecule has 1 N–H and O–H groups in total. The third kappa shape index (κ3) is 1.95. The highest BCUT2D eigenvalue weighted by molar-refractivity contribution is 9.13. The molecule has 0 saturated heterocycles. The fourth-order valence-electron chi connectivity index (χ4n) is 1.09. The van der Waals surface area contributed by atoms with E-state index in [-0.39, 0.29) is 0 Å². The van der Waals surface area contributed by atoms with Gasteiger partial charge in [-0.1, -0.05) is 0 Å². The van der Waals surface area contributed by atoms with Gasteiger partial charge in [-0.05, 0) is 50.1 Å². The van der Waals surface area contributed by atoms with Gasteiger partial charge in [0, 0.05) is 9.35 Å². The average molecular weight is 338 g/mol. The zero-order valence-electron chi connectivity index (χ0n) is 6.91. The molecule has 0 bridgehead atoms. The van der Waals surface area contributed by atoms with Crippen molar-refractivity contribution in [3.63, 3.8) is 0 Å². The largest absolute Gasteiger partial charge is 0.466 e. The van der Waals surface area contributed by atoms with Crippen molar-refractivity contribution >= 4 is 43.2 Å². The summed E-state index contributed by atoms with van der Waals surface area (Å²) in [6.07, 6.45) is 0.869. The second-order valence-corrected chi connectivity index (χ2v) is 5.94. The van der Waals surface area contributed by atoms with E-state index in [9.17, 15) is 5.11 Å². The molecular weight excluding hydrogens is 332 g/mol. The Morgan fingerprint density at radius 2 is 2.21 bits per heavy atom. The molecular formula is C9H6Br2O2S. The third-order valence-electron chi connectivity index (χ3n) is 1.75. The number of hydrogen-bond donors (Lipinski definition) is 1. The van der Waals surface area contributed by atoms with Gasteiger partial charge >= 0.3 is 0 Å². The van der Waals surface area contributed by atoms with Crippen molar-refractivity contribution in [3.8, 4) is 0 Å². The second-order valence-electron chi connectivity index (χ2n) is 2.69. The zero-order chi connectivity index (χ0) is 10.1. The normalized spacial score (nSPS) is 13.1. The molecule has 0 saturated carbocycles. The first-order chi connectivity index (χ1) is 6.68.